The monoisotopic (exact) mass is 595 g/mol. The van der Waals surface area contributed by atoms with E-state index in [1.165, 1.54) is 43.4 Å². The van der Waals surface area contributed by atoms with E-state index in [1.54, 1.807) is 12.1 Å². The molecule has 0 radical (unpaired) electrons. The number of ether oxygens (including phenoxy) is 1. The number of amides is 1. The minimum Gasteiger partial charge on any atom is -0.469 e. The molecule has 218 valence electrons. The molecule has 3 aromatic carbocycles. The quantitative estimate of drug-likeness (QED) is 0.147. The van der Waals surface area contributed by atoms with Crippen LogP contribution in [0.15, 0.2) is 59.0 Å². The molecule has 1 fully saturated rings. The summed E-state index contributed by atoms with van der Waals surface area (Å²) in [6, 6.07) is 12.5. The van der Waals surface area contributed by atoms with Crippen LogP contribution in [0.4, 0.5) is 15.8 Å². The van der Waals surface area contributed by atoms with E-state index in [1.807, 2.05) is 0 Å². The molecule has 1 aliphatic carbocycles. The summed E-state index contributed by atoms with van der Waals surface area (Å²) in [5.41, 5.74) is 1.97. The Morgan fingerprint density at radius 1 is 1.10 bits per heavy atom. The third-order valence-corrected chi connectivity index (χ3v) is 8.22. The predicted octanol–water partition coefficient (Wildman–Crippen LogP) is 5.04. The molecule has 1 saturated carbocycles. The number of methoxy groups -OCH3 is 1. The molecule has 0 aliphatic heterocycles. The lowest BCUT2D eigenvalue weighted by atomic mass is 9.98. The van der Waals surface area contributed by atoms with Gasteiger partial charge in [-0.3, -0.25) is 24.4 Å². The summed E-state index contributed by atoms with van der Waals surface area (Å²) in [6.45, 7) is 0. The first-order valence-corrected chi connectivity index (χ1v) is 14.6. The van der Waals surface area contributed by atoms with Crippen molar-refractivity contribution < 1.29 is 36.5 Å². The van der Waals surface area contributed by atoms with Crippen LogP contribution in [0.5, 0.6) is 0 Å². The van der Waals surface area contributed by atoms with Crippen LogP contribution in [0.3, 0.4) is 0 Å². The normalized spacial score (nSPS) is 13.1. The molecule has 1 heterocycles. The van der Waals surface area contributed by atoms with Crippen molar-refractivity contribution in [1.82, 2.24) is 5.32 Å². The Labute approximate surface area is 239 Å². The molecule has 13 heteroatoms. The number of esters is 1. The zero-order chi connectivity index (χ0) is 30.2. The highest BCUT2D eigenvalue weighted by atomic mass is 32.2. The summed E-state index contributed by atoms with van der Waals surface area (Å²) in [4.78, 5) is 35.4. The number of nitrogens with one attached hydrogen (secondary N) is 2. The van der Waals surface area contributed by atoms with Crippen molar-refractivity contribution in [2.45, 2.75) is 30.9 Å². The van der Waals surface area contributed by atoms with Crippen LogP contribution in [0, 0.1) is 15.9 Å². The average Bonchev–Trinajstić information content (AvgIpc) is 3.72. The van der Waals surface area contributed by atoms with Crippen molar-refractivity contribution in [3.63, 3.8) is 0 Å². The Morgan fingerprint density at radius 2 is 1.81 bits per heavy atom. The van der Waals surface area contributed by atoms with Gasteiger partial charge in [-0.05, 0) is 78.4 Å². The van der Waals surface area contributed by atoms with Crippen LogP contribution in [-0.2, 0) is 31.7 Å². The van der Waals surface area contributed by atoms with Gasteiger partial charge in [0.2, 0.25) is 10.0 Å². The third-order valence-electron chi connectivity index (χ3n) is 6.99. The van der Waals surface area contributed by atoms with Gasteiger partial charge in [0.1, 0.15) is 17.2 Å². The maximum atomic E-state index is 13.6. The van der Waals surface area contributed by atoms with Crippen molar-refractivity contribution >= 4 is 44.2 Å². The van der Waals surface area contributed by atoms with Crippen LogP contribution in [-0.4, -0.2) is 39.4 Å². The van der Waals surface area contributed by atoms with Crippen molar-refractivity contribution in [1.29, 1.82) is 0 Å². The highest BCUT2D eigenvalue weighted by Crippen LogP contribution is 2.45. The molecule has 0 atom stereocenters. The first kappa shape index (κ1) is 28.7. The van der Waals surface area contributed by atoms with Gasteiger partial charge in [-0.25, -0.2) is 12.8 Å². The molecule has 1 aliphatic rings. The summed E-state index contributed by atoms with van der Waals surface area (Å²) in [7, 11) is -1.42. The van der Waals surface area contributed by atoms with Gasteiger partial charge in [0.05, 0.1) is 29.8 Å². The molecule has 1 aromatic heterocycles. The molecule has 0 spiro atoms. The van der Waals surface area contributed by atoms with Gasteiger partial charge in [-0.1, -0.05) is 0 Å². The van der Waals surface area contributed by atoms with E-state index in [0.29, 0.717) is 22.1 Å². The molecular formula is C29H26FN3O8S. The Hall–Kier alpha value is -4.78. The summed E-state index contributed by atoms with van der Waals surface area (Å²) in [5, 5.41) is 14.5. The fraction of sp³-hybridized carbons (Fsp3) is 0.241. The van der Waals surface area contributed by atoms with Gasteiger partial charge in [0.25, 0.3) is 11.6 Å². The number of benzene rings is 3. The molecule has 11 nitrogen and oxygen atoms in total. The maximum Gasteiger partial charge on any atom is 0.310 e. The summed E-state index contributed by atoms with van der Waals surface area (Å²) >= 11 is 0. The van der Waals surface area contributed by atoms with E-state index in [2.05, 4.69) is 14.8 Å². The van der Waals surface area contributed by atoms with Crippen molar-refractivity contribution in [3.8, 4) is 11.3 Å². The predicted molar refractivity (Wildman–Crippen MR) is 152 cm³/mol. The second-order valence-corrected chi connectivity index (χ2v) is 11.7. The first-order valence-electron chi connectivity index (χ1n) is 12.9. The molecule has 4 aromatic rings. The van der Waals surface area contributed by atoms with Crippen LogP contribution >= 0.6 is 0 Å². The van der Waals surface area contributed by atoms with Crippen LogP contribution in [0.2, 0.25) is 0 Å². The zero-order valence-electron chi connectivity index (χ0n) is 22.6. The standard InChI is InChI=1S/C29H26FN3O8S/c1-31-29(35)27-23-14-22(16-3-4-16)19(12-25(23)41-28(27)17-5-7-20(30)8-6-17)15-42(38,39)32-21-9-10-24(33(36)37)18(11-21)13-26(34)40-2/h5-12,14,16,32H,3-4,13,15H2,1-2H3,(H,31,35). The second-order valence-electron chi connectivity index (χ2n) is 9.93. The molecular weight excluding hydrogens is 569 g/mol. The molecule has 0 bridgehead atoms. The number of furan rings is 1. The van der Waals surface area contributed by atoms with Crippen molar-refractivity contribution in [2.75, 3.05) is 18.9 Å². The second kappa shape index (κ2) is 11.2. The average molecular weight is 596 g/mol. The van der Waals surface area contributed by atoms with E-state index in [4.69, 9.17) is 4.42 Å². The number of rotatable bonds is 10. The third kappa shape index (κ3) is 5.96. The zero-order valence-corrected chi connectivity index (χ0v) is 23.4. The van der Waals surface area contributed by atoms with E-state index in [9.17, 15) is 32.5 Å². The Morgan fingerprint density at radius 3 is 2.43 bits per heavy atom. The minimum absolute atomic E-state index is 0.00206. The number of nitrogens with zero attached hydrogens (tertiary/aromatic N) is 1. The Kier molecular flexibility index (Phi) is 7.69. The van der Waals surface area contributed by atoms with E-state index in [-0.39, 0.29) is 34.2 Å². The van der Waals surface area contributed by atoms with Crippen molar-refractivity contribution in [3.05, 3.63) is 92.8 Å². The lowest BCUT2D eigenvalue weighted by molar-refractivity contribution is -0.385. The van der Waals surface area contributed by atoms with Crippen molar-refractivity contribution in [2.24, 2.45) is 0 Å². The number of hydrogen-bond acceptors (Lipinski definition) is 8. The molecule has 5 rings (SSSR count). The number of nitro benzene ring substituents is 1. The number of carbonyl (C=O) groups excluding carboxylic acids is 2. The van der Waals surface area contributed by atoms with E-state index >= 15 is 0 Å². The highest BCUT2D eigenvalue weighted by Gasteiger charge is 2.31. The highest BCUT2D eigenvalue weighted by molar-refractivity contribution is 7.91. The van der Waals surface area contributed by atoms with Gasteiger partial charge < -0.3 is 14.5 Å². The van der Waals surface area contributed by atoms with Crippen LogP contribution in [0.1, 0.15) is 45.8 Å². The van der Waals surface area contributed by atoms with Gasteiger partial charge in [-0.15, -0.1) is 0 Å². The fourth-order valence-corrected chi connectivity index (χ4v) is 6.09. The van der Waals surface area contributed by atoms with Gasteiger partial charge in [0, 0.05) is 35.3 Å². The van der Waals surface area contributed by atoms with E-state index in [0.717, 1.165) is 31.6 Å². The topological polar surface area (TPSA) is 158 Å². The smallest absolute Gasteiger partial charge is 0.310 e. The number of fused-ring (bicyclic) bond motifs is 1. The molecule has 1 amide bonds. The molecule has 0 unspecified atom stereocenters. The Balaban J connectivity index is 1.53. The lowest BCUT2D eigenvalue weighted by Crippen LogP contribution is -2.18. The number of nitro groups is 1. The summed E-state index contributed by atoms with van der Waals surface area (Å²) in [6.07, 6.45) is 1.29. The van der Waals surface area contributed by atoms with Crippen LogP contribution < -0.4 is 10.0 Å². The number of sulfonamides is 1. The SMILES string of the molecule is CNC(=O)c1c(-c2ccc(F)cc2)oc2cc(CS(=O)(=O)Nc3ccc([N+](=O)[O-])c(CC(=O)OC)c3)c(C3CC3)cc12. The number of anilines is 1. The lowest BCUT2D eigenvalue weighted by Gasteiger charge is -2.13. The largest absolute Gasteiger partial charge is 0.469 e. The first-order chi connectivity index (χ1) is 20.0. The minimum atomic E-state index is -4.05. The van der Waals surface area contributed by atoms with Gasteiger partial charge in [0.15, 0.2) is 0 Å². The van der Waals surface area contributed by atoms with Gasteiger partial charge in [-0.2, -0.15) is 0 Å². The number of carbonyl (C=O) groups is 2. The van der Waals surface area contributed by atoms with Crippen LogP contribution in [0.25, 0.3) is 22.3 Å². The Bertz CT molecular complexity index is 1830. The number of hydrogen-bond donors (Lipinski definition) is 2. The summed E-state index contributed by atoms with van der Waals surface area (Å²) in [5.74, 6) is -1.67. The molecule has 42 heavy (non-hydrogen) atoms. The van der Waals surface area contributed by atoms with E-state index < -0.39 is 44.8 Å². The molecule has 0 saturated heterocycles. The molecule has 2 N–H and O–H groups in total. The fourth-order valence-electron chi connectivity index (χ4n) is 4.87. The van der Waals surface area contributed by atoms with Gasteiger partial charge >= 0.3 is 5.97 Å². The number of halogens is 1. The maximum absolute atomic E-state index is 13.6. The summed E-state index contributed by atoms with van der Waals surface area (Å²) < 4.78 is 53.3.